The monoisotopic (exact) mass is 509 g/mol. The second-order valence-corrected chi connectivity index (χ2v) is 11.3. The summed E-state index contributed by atoms with van der Waals surface area (Å²) in [6, 6.07) is 18.8. The van der Waals surface area contributed by atoms with Gasteiger partial charge in [-0.2, -0.15) is 10.5 Å². The molecule has 0 spiro atoms. The zero-order valence-electron chi connectivity index (χ0n) is 21.6. The molecule has 3 atom stereocenters. The van der Waals surface area contributed by atoms with E-state index < -0.39 is 23.1 Å². The molecule has 6 nitrogen and oxygen atoms in total. The number of nitriles is 2. The number of hydrogen-bond acceptors (Lipinski definition) is 5. The number of ether oxygens (including phenoxy) is 1. The first kappa shape index (κ1) is 25.4. The van der Waals surface area contributed by atoms with E-state index in [2.05, 4.69) is 6.07 Å². The van der Waals surface area contributed by atoms with Gasteiger partial charge < -0.3 is 4.74 Å². The predicted octanol–water partition coefficient (Wildman–Crippen LogP) is 6.12. The average molecular weight is 510 g/mol. The number of hydrogen-bond donors (Lipinski definition) is 0. The van der Waals surface area contributed by atoms with Crippen LogP contribution in [0.1, 0.15) is 51.2 Å². The Morgan fingerprint density at radius 3 is 2.26 bits per heavy atom. The largest absolute Gasteiger partial charge is 0.493 e. The van der Waals surface area contributed by atoms with Gasteiger partial charge in [-0.15, -0.1) is 0 Å². The van der Waals surface area contributed by atoms with Gasteiger partial charge in [-0.05, 0) is 54.4 Å². The van der Waals surface area contributed by atoms with Crippen LogP contribution in [-0.2, 0) is 9.59 Å². The van der Waals surface area contributed by atoms with Gasteiger partial charge in [-0.1, -0.05) is 45.0 Å². The minimum absolute atomic E-state index is 0.0489. The van der Waals surface area contributed by atoms with Crippen molar-refractivity contribution in [2.24, 2.45) is 22.7 Å². The predicted molar refractivity (Wildman–Crippen MR) is 140 cm³/mol. The summed E-state index contributed by atoms with van der Waals surface area (Å²) in [5.74, 6) is -1.78. The lowest BCUT2D eigenvalue weighted by atomic mass is 9.54. The number of halogens is 1. The van der Waals surface area contributed by atoms with E-state index in [1.807, 2.05) is 45.0 Å². The fraction of sp³-hybridized carbons (Fsp3) is 0.355. The molecule has 0 radical (unpaired) electrons. The maximum absolute atomic E-state index is 14.1. The number of rotatable bonds is 5. The van der Waals surface area contributed by atoms with Gasteiger partial charge in [0.15, 0.2) is 0 Å². The van der Waals surface area contributed by atoms with Crippen LogP contribution in [-0.4, -0.2) is 18.4 Å². The number of anilines is 1. The number of benzene rings is 3. The Hall–Kier alpha value is -4.23. The van der Waals surface area contributed by atoms with Crippen LogP contribution >= 0.6 is 0 Å². The number of carbonyl (C=O) groups excluding carboxylic acids is 2. The van der Waals surface area contributed by atoms with Crippen molar-refractivity contribution < 1.29 is 18.7 Å². The molecule has 0 bridgehead atoms. The van der Waals surface area contributed by atoms with Crippen LogP contribution in [0.5, 0.6) is 5.75 Å². The number of nitrogens with zero attached hydrogens (tertiary/aromatic N) is 3. The second-order valence-electron chi connectivity index (χ2n) is 11.3. The summed E-state index contributed by atoms with van der Waals surface area (Å²) in [6.07, 6.45) is 2.03. The van der Waals surface area contributed by atoms with Crippen molar-refractivity contribution >= 4 is 28.3 Å². The Balaban J connectivity index is 1.47. The first-order valence-corrected chi connectivity index (χ1v) is 12.7. The van der Waals surface area contributed by atoms with Crippen LogP contribution in [0, 0.1) is 51.1 Å². The Bertz CT molecular complexity index is 1550. The van der Waals surface area contributed by atoms with Crippen LogP contribution in [0.25, 0.3) is 10.8 Å². The third-order valence-corrected chi connectivity index (χ3v) is 8.50. The number of amides is 2. The average Bonchev–Trinajstić information content (AvgIpc) is 3.18. The van der Waals surface area contributed by atoms with E-state index in [0.29, 0.717) is 34.2 Å². The molecule has 2 aliphatic rings. The SMILES string of the molecule is CC1(C)CC[C@](C)(CCOc2ccc(C#N)c(F)c2)[C@H]2C(=O)N(c3ccc(C#N)c4ccccc34)C(=O)[C@H]21. The first-order valence-electron chi connectivity index (χ1n) is 12.7. The summed E-state index contributed by atoms with van der Waals surface area (Å²) < 4.78 is 19.8. The van der Waals surface area contributed by atoms with E-state index in [1.165, 1.54) is 17.0 Å². The summed E-state index contributed by atoms with van der Waals surface area (Å²) in [5.41, 5.74) is 0.0708. The molecule has 1 saturated heterocycles. The van der Waals surface area contributed by atoms with Crippen LogP contribution in [0.2, 0.25) is 0 Å². The van der Waals surface area contributed by atoms with Gasteiger partial charge in [0.05, 0.1) is 41.3 Å². The Labute approximate surface area is 221 Å². The fourth-order valence-electron chi connectivity index (χ4n) is 6.25. The summed E-state index contributed by atoms with van der Waals surface area (Å²) in [6.45, 7) is 6.37. The van der Waals surface area contributed by atoms with Crippen LogP contribution in [0.4, 0.5) is 10.1 Å². The molecule has 7 heteroatoms. The maximum atomic E-state index is 14.1. The van der Waals surface area contributed by atoms with E-state index in [0.717, 1.165) is 12.8 Å². The smallest absolute Gasteiger partial charge is 0.238 e. The van der Waals surface area contributed by atoms with Crippen LogP contribution in [0.3, 0.4) is 0 Å². The molecular formula is C31H28FN3O3. The lowest BCUT2D eigenvalue weighted by Gasteiger charge is -2.48. The van der Waals surface area contributed by atoms with Crippen molar-refractivity contribution in [2.45, 2.75) is 40.0 Å². The molecule has 0 N–H and O–H groups in total. The van der Waals surface area contributed by atoms with E-state index >= 15 is 0 Å². The van der Waals surface area contributed by atoms with Gasteiger partial charge in [0.25, 0.3) is 0 Å². The molecule has 0 unspecified atom stereocenters. The summed E-state index contributed by atoms with van der Waals surface area (Å²) in [4.78, 5) is 29.4. The Morgan fingerprint density at radius 2 is 1.58 bits per heavy atom. The maximum Gasteiger partial charge on any atom is 0.238 e. The minimum atomic E-state index is -0.641. The van der Waals surface area contributed by atoms with Crippen molar-refractivity contribution in [1.82, 2.24) is 0 Å². The molecule has 3 aromatic carbocycles. The van der Waals surface area contributed by atoms with E-state index in [9.17, 15) is 19.2 Å². The molecule has 0 aromatic heterocycles. The highest BCUT2D eigenvalue weighted by Gasteiger charge is 2.62. The quantitative estimate of drug-likeness (QED) is 0.386. The van der Waals surface area contributed by atoms with Gasteiger partial charge in [-0.25, -0.2) is 9.29 Å². The van der Waals surface area contributed by atoms with Crippen LogP contribution in [0.15, 0.2) is 54.6 Å². The standard InChI is InChI=1S/C31H28FN3O3/c1-30(2)12-13-31(3,14-15-38-21-10-8-20(18-34)24(32)16-21)27-26(30)28(36)35(29(27)37)25-11-9-19(17-33)22-6-4-5-7-23(22)25/h4-11,16,26-27H,12-15H2,1-3H3/t26-,27+,31+/m0/s1. The summed E-state index contributed by atoms with van der Waals surface area (Å²) >= 11 is 0. The van der Waals surface area contributed by atoms with Crippen LogP contribution < -0.4 is 9.64 Å². The Kier molecular flexibility index (Phi) is 6.19. The number of imide groups is 1. The molecule has 2 fully saturated rings. The van der Waals surface area contributed by atoms with Gasteiger partial charge in [0.1, 0.15) is 17.6 Å². The van der Waals surface area contributed by atoms with Gasteiger partial charge >= 0.3 is 0 Å². The number of carbonyl (C=O) groups is 2. The molecule has 2 amide bonds. The number of fused-ring (bicyclic) bond motifs is 2. The molecular weight excluding hydrogens is 481 g/mol. The summed E-state index contributed by atoms with van der Waals surface area (Å²) in [7, 11) is 0. The highest BCUT2D eigenvalue weighted by atomic mass is 19.1. The van der Waals surface area contributed by atoms with E-state index in [1.54, 1.807) is 24.3 Å². The molecule has 1 saturated carbocycles. The molecule has 1 aliphatic heterocycles. The molecule has 5 rings (SSSR count). The Morgan fingerprint density at radius 1 is 0.921 bits per heavy atom. The van der Waals surface area contributed by atoms with E-state index in [4.69, 9.17) is 10.00 Å². The topological polar surface area (TPSA) is 94.2 Å². The second kappa shape index (κ2) is 9.26. The zero-order chi connectivity index (χ0) is 27.2. The van der Waals surface area contributed by atoms with E-state index in [-0.39, 0.29) is 29.4 Å². The molecule has 1 heterocycles. The van der Waals surface area contributed by atoms with Gasteiger partial charge in [0, 0.05) is 16.8 Å². The third-order valence-electron chi connectivity index (χ3n) is 8.50. The highest BCUT2D eigenvalue weighted by Crippen LogP contribution is 2.58. The zero-order valence-corrected chi connectivity index (χ0v) is 21.6. The fourth-order valence-corrected chi connectivity index (χ4v) is 6.25. The van der Waals surface area contributed by atoms with Crippen molar-refractivity contribution in [3.05, 3.63) is 71.5 Å². The summed E-state index contributed by atoms with van der Waals surface area (Å²) in [5, 5.41) is 19.9. The van der Waals surface area contributed by atoms with Gasteiger partial charge in [-0.3, -0.25) is 9.59 Å². The normalized spacial score (nSPS) is 24.1. The molecule has 38 heavy (non-hydrogen) atoms. The first-order chi connectivity index (χ1) is 18.1. The van der Waals surface area contributed by atoms with Crippen molar-refractivity contribution in [3.8, 4) is 17.9 Å². The lowest BCUT2D eigenvalue weighted by Crippen LogP contribution is -2.47. The lowest BCUT2D eigenvalue weighted by molar-refractivity contribution is -0.135. The minimum Gasteiger partial charge on any atom is -0.493 e. The van der Waals surface area contributed by atoms with Crippen molar-refractivity contribution in [3.63, 3.8) is 0 Å². The van der Waals surface area contributed by atoms with Crippen molar-refractivity contribution in [2.75, 3.05) is 11.5 Å². The van der Waals surface area contributed by atoms with Gasteiger partial charge in [0.2, 0.25) is 11.8 Å². The molecule has 1 aliphatic carbocycles. The molecule has 192 valence electrons. The van der Waals surface area contributed by atoms with Crippen molar-refractivity contribution in [1.29, 1.82) is 10.5 Å². The molecule has 3 aromatic rings. The highest BCUT2D eigenvalue weighted by molar-refractivity contribution is 6.25. The third kappa shape index (κ3) is 4.00.